The van der Waals surface area contributed by atoms with Gasteiger partial charge in [0.15, 0.2) is 0 Å². The summed E-state index contributed by atoms with van der Waals surface area (Å²) in [6.07, 6.45) is -4.60. The van der Waals surface area contributed by atoms with Crippen LogP contribution in [0.2, 0.25) is 0 Å². The first-order chi connectivity index (χ1) is 11.3. The Morgan fingerprint density at radius 3 is 2.62 bits per heavy atom. The largest absolute Gasteiger partial charge is 0.468 e. The molecule has 0 fully saturated rings. The van der Waals surface area contributed by atoms with Gasteiger partial charge in [0.2, 0.25) is 5.82 Å². The number of benzene rings is 1. The maximum Gasteiger partial charge on any atom is 0.449 e. The molecule has 0 unspecified atom stereocenters. The van der Waals surface area contributed by atoms with Gasteiger partial charge in [-0.25, -0.2) is 9.78 Å². The van der Waals surface area contributed by atoms with Crippen molar-refractivity contribution in [2.45, 2.75) is 12.7 Å². The predicted octanol–water partition coefficient (Wildman–Crippen LogP) is 1.53. The number of imidazole rings is 1. The molecule has 2 amide bonds. The van der Waals surface area contributed by atoms with Crippen molar-refractivity contribution in [3.8, 4) is 0 Å². The van der Waals surface area contributed by atoms with E-state index in [0.29, 0.717) is 5.52 Å². The molecule has 7 nitrogen and oxygen atoms in total. The third-order valence-corrected chi connectivity index (χ3v) is 3.15. The van der Waals surface area contributed by atoms with E-state index < -0.39 is 24.0 Å². The van der Waals surface area contributed by atoms with E-state index in [9.17, 15) is 22.8 Å². The van der Waals surface area contributed by atoms with Crippen molar-refractivity contribution in [2.24, 2.45) is 0 Å². The average molecular weight is 344 g/mol. The molecule has 1 aromatic carbocycles. The first kappa shape index (κ1) is 17.6. The summed E-state index contributed by atoms with van der Waals surface area (Å²) in [6, 6.07) is 5.53. The third-order valence-electron chi connectivity index (χ3n) is 3.15. The summed E-state index contributed by atoms with van der Waals surface area (Å²) in [5, 5.41) is 4.59. The van der Waals surface area contributed by atoms with Crippen molar-refractivity contribution < 1.29 is 27.5 Å². The van der Waals surface area contributed by atoms with Gasteiger partial charge >= 0.3 is 18.2 Å². The van der Waals surface area contributed by atoms with E-state index in [-0.39, 0.29) is 25.2 Å². The van der Waals surface area contributed by atoms with Gasteiger partial charge < -0.3 is 19.9 Å². The van der Waals surface area contributed by atoms with Gasteiger partial charge in [0.1, 0.15) is 6.54 Å². The summed E-state index contributed by atoms with van der Waals surface area (Å²) in [7, 11) is 1.17. The molecule has 2 aromatic rings. The van der Waals surface area contributed by atoms with Crippen LogP contribution in [0.1, 0.15) is 5.82 Å². The van der Waals surface area contributed by atoms with Crippen molar-refractivity contribution in [1.29, 1.82) is 0 Å². The Morgan fingerprint density at radius 2 is 1.96 bits per heavy atom. The number of carbonyl (C=O) groups excluding carboxylic acids is 2. The molecule has 0 aliphatic heterocycles. The van der Waals surface area contributed by atoms with Crippen LogP contribution in [0.25, 0.3) is 11.0 Å². The maximum absolute atomic E-state index is 13.1. The van der Waals surface area contributed by atoms with E-state index in [1.165, 1.54) is 19.2 Å². The van der Waals surface area contributed by atoms with E-state index >= 15 is 0 Å². The molecule has 130 valence electrons. The number of para-hydroxylation sites is 2. The van der Waals surface area contributed by atoms with E-state index in [4.69, 9.17) is 0 Å². The molecule has 0 atom stereocenters. The number of rotatable bonds is 5. The van der Waals surface area contributed by atoms with Crippen LogP contribution in [-0.4, -0.2) is 41.8 Å². The van der Waals surface area contributed by atoms with Crippen LogP contribution in [0.5, 0.6) is 0 Å². The number of urea groups is 1. The lowest BCUT2D eigenvalue weighted by Crippen LogP contribution is -2.40. The minimum absolute atomic E-state index is 0.0730. The van der Waals surface area contributed by atoms with Crippen molar-refractivity contribution in [3.63, 3.8) is 0 Å². The van der Waals surface area contributed by atoms with Crippen LogP contribution in [0.3, 0.4) is 0 Å². The molecule has 0 saturated heterocycles. The zero-order valence-electron chi connectivity index (χ0n) is 12.7. The van der Waals surface area contributed by atoms with Crippen LogP contribution < -0.4 is 10.6 Å². The van der Waals surface area contributed by atoms with E-state index in [0.717, 1.165) is 4.57 Å². The fourth-order valence-corrected chi connectivity index (χ4v) is 2.09. The fourth-order valence-electron chi connectivity index (χ4n) is 2.09. The topological polar surface area (TPSA) is 85.2 Å². The number of methoxy groups -OCH3 is 1. The van der Waals surface area contributed by atoms with E-state index in [1.54, 1.807) is 12.1 Å². The molecule has 0 saturated carbocycles. The van der Waals surface area contributed by atoms with Gasteiger partial charge in [0.05, 0.1) is 18.1 Å². The van der Waals surface area contributed by atoms with Crippen LogP contribution in [0.15, 0.2) is 24.3 Å². The van der Waals surface area contributed by atoms with Gasteiger partial charge in [-0.2, -0.15) is 13.2 Å². The highest BCUT2D eigenvalue weighted by Gasteiger charge is 2.37. The third kappa shape index (κ3) is 4.15. The Labute approximate surface area is 134 Å². The quantitative estimate of drug-likeness (QED) is 0.806. The average Bonchev–Trinajstić information content (AvgIpc) is 2.92. The van der Waals surface area contributed by atoms with Gasteiger partial charge in [0.25, 0.3) is 0 Å². The Bertz CT molecular complexity index is 742. The van der Waals surface area contributed by atoms with Crippen molar-refractivity contribution in [1.82, 2.24) is 20.2 Å². The number of halogens is 3. The summed E-state index contributed by atoms with van der Waals surface area (Å²) in [5.74, 6) is -1.66. The number of esters is 1. The van der Waals surface area contributed by atoms with E-state index in [1.807, 2.05) is 0 Å². The molecule has 24 heavy (non-hydrogen) atoms. The number of aromatic nitrogens is 2. The summed E-state index contributed by atoms with van der Waals surface area (Å²) >= 11 is 0. The minimum Gasteiger partial charge on any atom is -0.468 e. The van der Waals surface area contributed by atoms with Gasteiger partial charge in [0, 0.05) is 13.1 Å². The zero-order valence-corrected chi connectivity index (χ0v) is 12.7. The molecule has 1 heterocycles. The lowest BCUT2D eigenvalue weighted by Gasteiger charge is -2.12. The Balaban J connectivity index is 2.04. The molecular weight excluding hydrogens is 329 g/mol. The van der Waals surface area contributed by atoms with Crippen LogP contribution in [0, 0.1) is 0 Å². The monoisotopic (exact) mass is 344 g/mol. The normalized spacial score (nSPS) is 11.3. The number of nitrogens with one attached hydrogen (secondary N) is 2. The van der Waals surface area contributed by atoms with Crippen molar-refractivity contribution >= 4 is 23.0 Å². The molecule has 0 aliphatic carbocycles. The van der Waals surface area contributed by atoms with Gasteiger partial charge in [-0.15, -0.1) is 0 Å². The smallest absolute Gasteiger partial charge is 0.449 e. The molecule has 10 heteroatoms. The fraction of sp³-hybridized carbons (Fsp3) is 0.357. The summed E-state index contributed by atoms with van der Waals surface area (Å²) < 4.78 is 44.6. The van der Waals surface area contributed by atoms with Gasteiger partial charge in [-0.3, -0.25) is 4.79 Å². The molecule has 1 aromatic heterocycles. The van der Waals surface area contributed by atoms with Crippen molar-refractivity contribution in [3.05, 3.63) is 30.1 Å². The molecule has 0 aliphatic rings. The lowest BCUT2D eigenvalue weighted by molar-refractivity contribution is -0.147. The Morgan fingerprint density at radius 1 is 1.25 bits per heavy atom. The highest BCUT2D eigenvalue weighted by atomic mass is 19.4. The lowest BCUT2D eigenvalue weighted by atomic mass is 10.3. The maximum atomic E-state index is 13.1. The molecule has 0 bridgehead atoms. The SMILES string of the molecule is COC(=O)CNC(=O)NCCn1c(C(F)(F)F)nc2ccccc21. The Hall–Kier alpha value is -2.78. The van der Waals surface area contributed by atoms with Gasteiger partial charge in [-0.1, -0.05) is 12.1 Å². The van der Waals surface area contributed by atoms with Crippen LogP contribution in [0.4, 0.5) is 18.0 Å². The molecular formula is C14H15F3N4O3. The predicted molar refractivity (Wildman–Crippen MR) is 78.2 cm³/mol. The molecule has 2 N–H and O–H groups in total. The second kappa shape index (κ2) is 7.20. The van der Waals surface area contributed by atoms with Gasteiger partial charge in [-0.05, 0) is 12.1 Å². The highest BCUT2D eigenvalue weighted by molar-refractivity contribution is 5.80. The van der Waals surface area contributed by atoms with Crippen LogP contribution in [-0.2, 0) is 22.3 Å². The number of carbonyl (C=O) groups is 2. The second-order valence-electron chi connectivity index (χ2n) is 4.76. The molecule has 0 spiro atoms. The number of hydrogen-bond donors (Lipinski definition) is 2. The Kier molecular flexibility index (Phi) is 5.27. The first-order valence-electron chi connectivity index (χ1n) is 6.94. The number of nitrogens with zero attached hydrogens (tertiary/aromatic N) is 2. The number of amides is 2. The molecule has 2 rings (SSSR count). The number of alkyl halides is 3. The van der Waals surface area contributed by atoms with Crippen LogP contribution >= 0.6 is 0 Å². The minimum atomic E-state index is -4.60. The number of fused-ring (bicyclic) bond motifs is 1. The highest BCUT2D eigenvalue weighted by Crippen LogP contribution is 2.31. The van der Waals surface area contributed by atoms with Crippen molar-refractivity contribution in [2.75, 3.05) is 20.2 Å². The number of hydrogen-bond acceptors (Lipinski definition) is 4. The summed E-state index contributed by atoms with van der Waals surface area (Å²) in [4.78, 5) is 25.9. The standard InChI is InChI=1S/C14H15F3N4O3/c1-24-11(22)8-19-13(23)18-6-7-21-10-5-3-2-4-9(10)20-12(21)14(15,16)17/h2-5H,6-8H2,1H3,(H2,18,19,23). The molecule has 0 radical (unpaired) electrons. The summed E-state index contributed by atoms with van der Waals surface area (Å²) in [6.45, 7) is -0.526. The number of ether oxygens (including phenoxy) is 1. The van der Waals surface area contributed by atoms with E-state index in [2.05, 4.69) is 20.4 Å². The second-order valence-corrected chi connectivity index (χ2v) is 4.76. The first-order valence-corrected chi connectivity index (χ1v) is 6.94. The zero-order chi connectivity index (χ0) is 17.7. The summed E-state index contributed by atoms with van der Waals surface area (Å²) in [5.41, 5.74) is 0.543.